The molecule has 3 aromatic carbocycles. The van der Waals surface area contributed by atoms with Crippen LogP contribution in [0, 0.1) is 0 Å². The van der Waals surface area contributed by atoms with E-state index in [4.69, 9.17) is 4.99 Å². The molecule has 0 amide bonds. The summed E-state index contributed by atoms with van der Waals surface area (Å²) in [6, 6.07) is 30.6. The van der Waals surface area contributed by atoms with Gasteiger partial charge in [0.1, 0.15) is 0 Å². The minimum atomic E-state index is -0.124. The van der Waals surface area contributed by atoms with E-state index >= 15 is 0 Å². The van der Waals surface area contributed by atoms with Gasteiger partial charge < -0.3 is 4.90 Å². The normalized spacial score (nSPS) is 16.8. The predicted octanol–water partition coefficient (Wildman–Crippen LogP) is 4.68. The van der Waals surface area contributed by atoms with Gasteiger partial charge in [0.25, 0.3) is 0 Å². The second kappa shape index (κ2) is 6.50. The van der Waals surface area contributed by atoms with Crippen LogP contribution < -0.4 is 4.90 Å². The zero-order valence-corrected chi connectivity index (χ0v) is 13.2. The topological polar surface area (TPSA) is 28.0 Å². The quantitative estimate of drug-likeness (QED) is 0.690. The lowest BCUT2D eigenvalue weighted by Crippen LogP contribution is -2.30. The standard InChI is InChI=1S/C21H17N3/c1-4-10-17(11-5-1)20-22-16-24(19-14-8-3-9-15-19)21(23-20)18-12-6-2-7-13-18/h1-16,21H. The molecule has 116 valence electrons. The molecule has 1 heterocycles. The van der Waals surface area contributed by atoms with E-state index in [-0.39, 0.29) is 6.17 Å². The third-order valence-corrected chi connectivity index (χ3v) is 4.00. The summed E-state index contributed by atoms with van der Waals surface area (Å²) in [5.41, 5.74) is 3.24. The van der Waals surface area contributed by atoms with Crippen LogP contribution in [0.25, 0.3) is 0 Å². The van der Waals surface area contributed by atoms with Gasteiger partial charge in [-0.2, -0.15) is 0 Å². The van der Waals surface area contributed by atoms with Crippen LogP contribution in [0.15, 0.2) is 101 Å². The van der Waals surface area contributed by atoms with Crippen LogP contribution in [0.1, 0.15) is 17.3 Å². The first-order valence-electron chi connectivity index (χ1n) is 7.97. The highest BCUT2D eigenvalue weighted by atomic mass is 15.3. The highest BCUT2D eigenvalue weighted by molar-refractivity contribution is 6.06. The molecule has 1 aliphatic heterocycles. The highest BCUT2D eigenvalue weighted by Gasteiger charge is 2.23. The number of para-hydroxylation sites is 1. The molecule has 0 spiro atoms. The second-order valence-electron chi connectivity index (χ2n) is 5.59. The Bertz CT molecular complexity index is 855. The number of nitrogens with zero attached hydrogens (tertiary/aromatic N) is 3. The Morgan fingerprint density at radius 2 is 1.25 bits per heavy atom. The van der Waals surface area contributed by atoms with E-state index in [2.05, 4.69) is 34.2 Å². The molecular formula is C21H17N3. The SMILES string of the molecule is C1=NC(c2ccccc2)=NC(c2ccccc2)N1c1ccccc1. The maximum Gasteiger partial charge on any atom is 0.158 e. The number of hydrogen-bond donors (Lipinski definition) is 0. The van der Waals surface area contributed by atoms with E-state index in [1.165, 1.54) is 0 Å². The molecule has 0 radical (unpaired) electrons. The molecule has 3 heteroatoms. The van der Waals surface area contributed by atoms with Gasteiger partial charge in [-0.1, -0.05) is 78.9 Å². The fourth-order valence-electron chi connectivity index (χ4n) is 2.80. The summed E-state index contributed by atoms with van der Waals surface area (Å²) in [6.45, 7) is 0. The lowest BCUT2D eigenvalue weighted by molar-refractivity contribution is 0.752. The summed E-state index contributed by atoms with van der Waals surface area (Å²) in [5, 5.41) is 0. The molecule has 3 nitrogen and oxygen atoms in total. The van der Waals surface area contributed by atoms with Crippen molar-refractivity contribution in [2.24, 2.45) is 9.98 Å². The van der Waals surface area contributed by atoms with Gasteiger partial charge in [-0.25, -0.2) is 9.98 Å². The predicted molar refractivity (Wildman–Crippen MR) is 99.6 cm³/mol. The Kier molecular flexibility index (Phi) is 3.90. The Hall–Kier alpha value is -3.20. The number of anilines is 1. The number of aliphatic imine (C=N–C) groups is 2. The molecule has 1 aliphatic rings. The zero-order chi connectivity index (χ0) is 16.2. The van der Waals surface area contributed by atoms with E-state index in [0.29, 0.717) is 0 Å². The average molecular weight is 311 g/mol. The first kappa shape index (κ1) is 14.4. The van der Waals surface area contributed by atoms with Crippen molar-refractivity contribution in [2.75, 3.05) is 4.90 Å². The molecule has 1 unspecified atom stereocenters. The molecule has 3 aromatic rings. The minimum absolute atomic E-state index is 0.124. The largest absolute Gasteiger partial charge is 0.305 e. The van der Waals surface area contributed by atoms with Crippen LogP contribution in [-0.4, -0.2) is 12.2 Å². The number of hydrogen-bond acceptors (Lipinski definition) is 3. The van der Waals surface area contributed by atoms with E-state index in [1.54, 1.807) is 0 Å². The molecular weight excluding hydrogens is 294 g/mol. The Labute approximate surface area is 141 Å². The van der Waals surface area contributed by atoms with Crippen LogP contribution >= 0.6 is 0 Å². The Balaban J connectivity index is 1.78. The molecule has 0 N–H and O–H groups in total. The van der Waals surface area contributed by atoms with Crippen LogP contribution in [0.5, 0.6) is 0 Å². The fourth-order valence-corrected chi connectivity index (χ4v) is 2.80. The Morgan fingerprint density at radius 3 is 1.92 bits per heavy atom. The van der Waals surface area contributed by atoms with E-state index < -0.39 is 0 Å². The second-order valence-corrected chi connectivity index (χ2v) is 5.59. The minimum Gasteiger partial charge on any atom is -0.305 e. The van der Waals surface area contributed by atoms with Crippen molar-refractivity contribution in [3.63, 3.8) is 0 Å². The van der Waals surface area contributed by atoms with Gasteiger partial charge in [0.2, 0.25) is 0 Å². The van der Waals surface area contributed by atoms with Gasteiger partial charge in [0.05, 0.1) is 6.34 Å². The molecule has 0 saturated carbocycles. The maximum absolute atomic E-state index is 4.92. The monoisotopic (exact) mass is 311 g/mol. The number of rotatable bonds is 3. The molecule has 0 fully saturated rings. The molecule has 24 heavy (non-hydrogen) atoms. The van der Waals surface area contributed by atoms with Crippen molar-refractivity contribution in [3.05, 3.63) is 102 Å². The van der Waals surface area contributed by atoms with Crippen molar-refractivity contribution < 1.29 is 0 Å². The first-order valence-corrected chi connectivity index (χ1v) is 7.97. The van der Waals surface area contributed by atoms with E-state index in [1.807, 2.05) is 73.1 Å². The summed E-state index contributed by atoms with van der Waals surface area (Å²) in [4.78, 5) is 11.6. The highest BCUT2D eigenvalue weighted by Crippen LogP contribution is 2.30. The first-order chi connectivity index (χ1) is 11.9. The van der Waals surface area contributed by atoms with Crippen LogP contribution in [-0.2, 0) is 0 Å². The van der Waals surface area contributed by atoms with Crippen LogP contribution in [0.4, 0.5) is 5.69 Å². The van der Waals surface area contributed by atoms with Gasteiger partial charge >= 0.3 is 0 Å². The van der Waals surface area contributed by atoms with Gasteiger partial charge in [-0.3, -0.25) is 0 Å². The summed E-state index contributed by atoms with van der Waals surface area (Å²) < 4.78 is 0. The van der Waals surface area contributed by atoms with Gasteiger partial charge in [0.15, 0.2) is 12.0 Å². The maximum atomic E-state index is 4.92. The van der Waals surface area contributed by atoms with Crippen molar-refractivity contribution >= 4 is 17.9 Å². The average Bonchev–Trinajstić information content (AvgIpc) is 2.69. The smallest absolute Gasteiger partial charge is 0.158 e. The van der Waals surface area contributed by atoms with Crippen molar-refractivity contribution in [1.29, 1.82) is 0 Å². The van der Waals surface area contributed by atoms with Crippen LogP contribution in [0.3, 0.4) is 0 Å². The summed E-state index contributed by atoms with van der Waals surface area (Å²) in [6.07, 6.45) is 1.75. The lowest BCUT2D eigenvalue weighted by atomic mass is 10.1. The van der Waals surface area contributed by atoms with Crippen LogP contribution in [0.2, 0.25) is 0 Å². The number of benzene rings is 3. The van der Waals surface area contributed by atoms with Gasteiger partial charge in [-0.05, 0) is 17.7 Å². The third-order valence-electron chi connectivity index (χ3n) is 4.00. The summed E-state index contributed by atoms with van der Waals surface area (Å²) >= 11 is 0. The molecule has 0 aliphatic carbocycles. The Morgan fingerprint density at radius 1 is 0.667 bits per heavy atom. The molecule has 0 saturated heterocycles. The molecule has 4 rings (SSSR count). The lowest BCUT2D eigenvalue weighted by Gasteiger charge is -2.30. The zero-order valence-electron chi connectivity index (χ0n) is 13.2. The number of amidine groups is 1. The van der Waals surface area contributed by atoms with Crippen molar-refractivity contribution in [2.45, 2.75) is 6.17 Å². The molecule has 1 atom stereocenters. The van der Waals surface area contributed by atoms with Crippen molar-refractivity contribution in [3.8, 4) is 0 Å². The summed E-state index contributed by atoms with van der Waals surface area (Å²) in [7, 11) is 0. The van der Waals surface area contributed by atoms with Crippen molar-refractivity contribution in [1.82, 2.24) is 0 Å². The third kappa shape index (κ3) is 2.84. The summed E-state index contributed by atoms with van der Waals surface area (Å²) in [5.74, 6) is 0.761. The van der Waals surface area contributed by atoms with Gasteiger partial charge in [-0.15, -0.1) is 0 Å². The molecule has 0 aromatic heterocycles. The van der Waals surface area contributed by atoms with E-state index in [9.17, 15) is 0 Å². The fraction of sp³-hybridized carbons (Fsp3) is 0.0476. The molecule has 0 bridgehead atoms. The van der Waals surface area contributed by atoms with Gasteiger partial charge in [0, 0.05) is 11.3 Å². The van der Waals surface area contributed by atoms with E-state index in [0.717, 1.165) is 22.6 Å².